The Bertz CT molecular complexity index is 2650. The molecule has 202 valence electrons. The van der Waals surface area contributed by atoms with Gasteiger partial charge in [0.25, 0.3) is 0 Å². The van der Waals surface area contributed by atoms with Crippen LogP contribution in [0.2, 0.25) is 0 Å². The predicted octanol–water partition coefficient (Wildman–Crippen LogP) is 9.59. The van der Waals surface area contributed by atoms with Crippen LogP contribution in [0.3, 0.4) is 0 Å². The van der Waals surface area contributed by atoms with Crippen LogP contribution < -0.4 is 0 Å². The number of hydrogen-bond donors (Lipinski definition) is 0. The minimum atomic E-state index is -0.122. The number of fused-ring (bicyclic) bond motifs is 11. The fourth-order valence-electron chi connectivity index (χ4n) is 7.76. The summed E-state index contributed by atoms with van der Waals surface area (Å²) in [6, 6.07) is 43.7. The molecule has 0 aliphatic heterocycles. The molecular weight excluding hydrogens is 524 g/mol. The van der Waals surface area contributed by atoms with Crippen LogP contribution in [0.4, 0.5) is 0 Å². The second-order valence-corrected chi connectivity index (χ2v) is 12.3. The first-order chi connectivity index (χ1) is 21.1. The molecule has 9 aromatic rings. The Morgan fingerprint density at radius 2 is 1.28 bits per heavy atom. The third-order valence-electron chi connectivity index (χ3n) is 9.67. The zero-order valence-electron chi connectivity index (χ0n) is 23.8. The van der Waals surface area contributed by atoms with Crippen molar-refractivity contribution in [1.82, 2.24) is 18.9 Å². The first-order valence-corrected chi connectivity index (χ1v) is 14.9. The molecular formula is C39H26N4. The van der Waals surface area contributed by atoms with E-state index in [0.717, 1.165) is 39.0 Å². The van der Waals surface area contributed by atoms with Crippen molar-refractivity contribution in [3.8, 4) is 17.1 Å². The summed E-state index contributed by atoms with van der Waals surface area (Å²) in [5, 5.41) is 6.10. The van der Waals surface area contributed by atoms with Crippen LogP contribution >= 0.6 is 0 Å². The van der Waals surface area contributed by atoms with Crippen molar-refractivity contribution >= 4 is 60.2 Å². The maximum absolute atomic E-state index is 5.43. The van der Waals surface area contributed by atoms with E-state index in [4.69, 9.17) is 9.97 Å². The molecule has 0 saturated carbocycles. The fourth-order valence-corrected chi connectivity index (χ4v) is 7.76. The lowest BCUT2D eigenvalue weighted by Crippen LogP contribution is -2.23. The molecule has 4 heteroatoms. The van der Waals surface area contributed by atoms with Gasteiger partial charge in [-0.05, 0) is 63.9 Å². The highest BCUT2D eigenvalue weighted by molar-refractivity contribution is 6.23. The van der Waals surface area contributed by atoms with Crippen LogP contribution in [0.1, 0.15) is 25.0 Å². The molecule has 1 aliphatic carbocycles. The molecule has 0 amide bonds. The standard InChI is InChI=1S/C39H26N4/c1-39(2)28-16-6-3-14-25(28)35-34-23(12-11-17-29(34)39)22-27-24-13-5-9-20-32(24)42(36(27)35)38-41-30-18-7-4-15-26(30)37-40-31-19-8-10-21-33(31)43(37)38/h3-22H,1-2H3. The van der Waals surface area contributed by atoms with Gasteiger partial charge < -0.3 is 0 Å². The van der Waals surface area contributed by atoms with E-state index < -0.39 is 0 Å². The van der Waals surface area contributed by atoms with Gasteiger partial charge in [0, 0.05) is 27.1 Å². The van der Waals surface area contributed by atoms with Gasteiger partial charge in [0.05, 0.1) is 27.6 Å². The Balaban J connectivity index is 1.52. The minimum absolute atomic E-state index is 0.122. The first kappa shape index (κ1) is 23.1. The first-order valence-electron chi connectivity index (χ1n) is 14.9. The summed E-state index contributed by atoms with van der Waals surface area (Å²) in [5.41, 5.74) is 11.3. The zero-order valence-corrected chi connectivity index (χ0v) is 23.8. The van der Waals surface area contributed by atoms with Gasteiger partial charge in [0.15, 0.2) is 0 Å². The molecule has 0 spiro atoms. The normalized spacial score (nSPS) is 14.0. The van der Waals surface area contributed by atoms with Gasteiger partial charge in [-0.15, -0.1) is 0 Å². The summed E-state index contributed by atoms with van der Waals surface area (Å²) in [6.45, 7) is 4.71. The summed E-state index contributed by atoms with van der Waals surface area (Å²) in [7, 11) is 0. The van der Waals surface area contributed by atoms with Crippen LogP contribution in [0.25, 0.3) is 77.2 Å². The summed E-state index contributed by atoms with van der Waals surface area (Å²) in [5.74, 6) is 0.851. The molecule has 0 unspecified atom stereocenters. The fraction of sp³-hybridized carbons (Fsp3) is 0.0769. The van der Waals surface area contributed by atoms with Gasteiger partial charge in [-0.2, -0.15) is 0 Å². The van der Waals surface area contributed by atoms with E-state index in [2.05, 4.69) is 144 Å². The summed E-state index contributed by atoms with van der Waals surface area (Å²) >= 11 is 0. The Kier molecular flexibility index (Phi) is 4.23. The lowest BCUT2D eigenvalue weighted by Gasteiger charge is -2.35. The van der Waals surface area contributed by atoms with Crippen LogP contribution in [0.15, 0.2) is 121 Å². The molecule has 0 radical (unpaired) electrons. The predicted molar refractivity (Wildman–Crippen MR) is 177 cm³/mol. The highest BCUT2D eigenvalue weighted by atomic mass is 15.2. The SMILES string of the molecule is CC1(C)c2ccccc2-c2c3c1cccc3cc1c3ccccc3n(-c3nc4ccccc4c4nc5ccccc5n34)c21. The highest BCUT2D eigenvalue weighted by Gasteiger charge is 2.35. The zero-order chi connectivity index (χ0) is 28.4. The molecule has 10 rings (SSSR count). The quantitative estimate of drug-likeness (QED) is 0.204. The van der Waals surface area contributed by atoms with E-state index in [-0.39, 0.29) is 5.41 Å². The average molecular weight is 551 g/mol. The highest BCUT2D eigenvalue weighted by Crippen LogP contribution is 2.52. The third kappa shape index (κ3) is 2.81. The summed E-state index contributed by atoms with van der Waals surface area (Å²) in [4.78, 5) is 10.6. The number of nitrogens with zero attached hydrogens (tertiary/aromatic N) is 4. The van der Waals surface area contributed by atoms with Crippen molar-refractivity contribution in [2.24, 2.45) is 0 Å². The van der Waals surface area contributed by atoms with Crippen molar-refractivity contribution in [3.63, 3.8) is 0 Å². The molecule has 0 saturated heterocycles. The maximum Gasteiger partial charge on any atom is 0.221 e. The number of imidazole rings is 1. The van der Waals surface area contributed by atoms with Crippen molar-refractivity contribution in [1.29, 1.82) is 0 Å². The average Bonchev–Trinajstić information content (AvgIpc) is 3.59. The number of rotatable bonds is 1. The number of benzene rings is 6. The van der Waals surface area contributed by atoms with Crippen molar-refractivity contribution in [3.05, 3.63) is 132 Å². The summed E-state index contributed by atoms with van der Waals surface area (Å²) in [6.07, 6.45) is 0. The molecule has 43 heavy (non-hydrogen) atoms. The monoisotopic (exact) mass is 550 g/mol. The maximum atomic E-state index is 5.43. The lowest BCUT2D eigenvalue weighted by molar-refractivity contribution is 0.645. The van der Waals surface area contributed by atoms with Crippen LogP contribution in [0, 0.1) is 0 Å². The summed E-state index contributed by atoms with van der Waals surface area (Å²) < 4.78 is 4.66. The molecule has 3 heterocycles. The topological polar surface area (TPSA) is 35.1 Å². The van der Waals surface area contributed by atoms with Crippen LogP contribution in [-0.2, 0) is 5.41 Å². The second kappa shape index (κ2) is 7.87. The van der Waals surface area contributed by atoms with Crippen LogP contribution in [-0.4, -0.2) is 18.9 Å². The van der Waals surface area contributed by atoms with E-state index in [0.29, 0.717) is 0 Å². The van der Waals surface area contributed by atoms with Crippen molar-refractivity contribution in [2.45, 2.75) is 19.3 Å². The smallest absolute Gasteiger partial charge is 0.221 e. The van der Waals surface area contributed by atoms with Gasteiger partial charge in [0.2, 0.25) is 5.95 Å². The Labute approximate surface area is 247 Å². The van der Waals surface area contributed by atoms with E-state index in [1.165, 1.54) is 49.3 Å². The van der Waals surface area contributed by atoms with Crippen molar-refractivity contribution in [2.75, 3.05) is 0 Å². The van der Waals surface area contributed by atoms with Crippen LogP contribution in [0.5, 0.6) is 0 Å². The molecule has 3 aromatic heterocycles. The molecule has 4 nitrogen and oxygen atoms in total. The molecule has 1 aliphatic rings. The number of aromatic nitrogens is 4. The molecule has 6 aromatic carbocycles. The molecule has 0 bridgehead atoms. The Morgan fingerprint density at radius 3 is 2.16 bits per heavy atom. The Hall–Kier alpha value is -5.48. The van der Waals surface area contributed by atoms with E-state index in [9.17, 15) is 0 Å². The van der Waals surface area contributed by atoms with Crippen molar-refractivity contribution < 1.29 is 0 Å². The molecule has 0 fully saturated rings. The largest absolute Gasteiger partial charge is 0.278 e. The van der Waals surface area contributed by atoms with Gasteiger partial charge >= 0.3 is 0 Å². The van der Waals surface area contributed by atoms with E-state index in [1.807, 2.05) is 0 Å². The minimum Gasteiger partial charge on any atom is -0.278 e. The second-order valence-electron chi connectivity index (χ2n) is 12.3. The third-order valence-corrected chi connectivity index (χ3v) is 9.67. The van der Waals surface area contributed by atoms with Gasteiger partial charge in [-0.1, -0.05) is 98.8 Å². The van der Waals surface area contributed by atoms with Gasteiger partial charge in [-0.3, -0.25) is 8.97 Å². The lowest BCUT2D eigenvalue weighted by atomic mass is 9.68. The van der Waals surface area contributed by atoms with E-state index >= 15 is 0 Å². The van der Waals surface area contributed by atoms with Gasteiger partial charge in [-0.25, -0.2) is 9.97 Å². The number of hydrogen-bond acceptors (Lipinski definition) is 2. The Morgan fingerprint density at radius 1 is 0.581 bits per heavy atom. The molecule has 0 atom stereocenters. The van der Waals surface area contributed by atoms with E-state index in [1.54, 1.807) is 0 Å². The molecule has 0 N–H and O–H groups in total. The van der Waals surface area contributed by atoms with Gasteiger partial charge in [0.1, 0.15) is 5.65 Å². The number of para-hydroxylation sites is 4.